The predicted molar refractivity (Wildman–Crippen MR) is 79.4 cm³/mol. The number of rotatable bonds is 4. The summed E-state index contributed by atoms with van der Waals surface area (Å²) in [7, 11) is 0. The maximum Gasteiger partial charge on any atom is 0.175 e. The van der Waals surface area contributed by atoms with Crippen molar-refractivity contribution in [3.63, 3.8) is 0 Å². The molecule has 4 nitrogen and oxygen atoms in total. The van der Waals surface area contributed by atoms with Crippen molar-refractivity contribution in [3.8, 4) is 0 Å². The fraction of sp³-hybridized carbons (Fsp3) is 0.769. The van der Waals surface area contributed by atoms with Gasteiger partial charge in [0.1, 0.15) is 5.82 Å². The predicted octanol–water partition coefficient (Wildman–Crippen LogP) is 1.78. The fourth-order valence-electron chi connectivity index (χ4n) is 1.94. The van der Waals surface area contributed by atoms with Gasteiger partial charge in [-0.3, -0.25) is 0 Å². The molecule has 0 atom stereocenters. The summed E-state index contributed by atoms with van der Waals surface area (Å²) in [6, 6.07) is 0.621. The second-order valence-electron chi connectivity index (χ2n) is 5.08. The van der Waals surface area contributed by atoms with Crippen molar-refractivity contribution in [1.29, 1.82) is 0 Å². The summed E-state index contributed by atoms with van der Waals surface area (Å²) in [6.07, 6.45) is 0. The van der Waals surface area contributed by atoms with E-state index in [1.165, 1.54) is 0 Å². The normalized spacial score (nSPS) is 16.0. The molecule has 1 aliphatic rings. The van der Waals surface area contributed by atoms with E-state index in [4.69, 9.17) is 17.0 Å². The van der Waals surface area contributed by atoms with E-state index < -0.39 is 0 Å². The molecular weight excluding hydrogens is 246 g/mol. The lowest BCUT2D eigenvalue weighted by Gasteiger charge is -2.39. The van der Waals surface area contributed by atoms with Gasteiger partial charge in [-0.2, -0.15) is 0 Å². The van der Waals surface area contributed by atoms with Crippen LogP contribution in [0.25, 0.3) is 0 Å². The molecule has 0 aliphatic carbocycles. The van der Waals surface area contributed by atoms with E-state index in [1.807, 2.05) is 0 Å². The molecule has 0 aromatic heterocycles. The Labute approximate surface area is 116 Å². The van der Waals surface area contributed by atoms with Crippen LogP contribution in [0.3, 0.4) is 0 Å². The average Bonchev–Trinajstić information content (AvgIpc) is 2.28. The highest BCUT2D eigenvalue weighted by molar-refractivity contribution is 7.80. The summed E-state index contributed by atoms with van der Waals surface area (Å²) in [5, 5.41) is 4.03. The van der Waals surface area contributed by atoms with Crippen molar-refractivity contribution in [3.05, 3.63) is 12.4 Å². The Morgan fingerprint density at radius 2 is 1.83 bits per heavy atom. The summed E-state index contributed by atoms with van der Waals surface area (Å²) in [5.41, 5.74) is 0. The molecule has 0 radical (unpaired) electrons. The van der Waals surface area contributed by atoms with Gasteiger partial charge in [-0.25, -0.2) is 0 Å². The summed E-state index contributed by atoms with van der Waals surface area (Å²) in [4.78, 5) is 4.32. The van der Waals surface area contributed by atoms with Crippen LogP contribution in [0.1, 0.15) is 27.7 Å². The van der Waals surface area contributed by atoms with Crippen LogP contribution >= 0.6 is 12.2 Å². The Morgan fingerprint density at radius 1 is 1.28 bits per heavy atom. The number of thiocarbonyl (C=S) groups is 1. The molecule has 104 valence electrons. The molecule has 0 aromatic carbocycles. The SMILES string of the molecule is C=C(N1CCOCC1)N(C(=S)NC(C)C)C(C)C. The van der Waals surface area contributed by atoms with Crippen molar-refractivity contribution in [2.24, 2.45) is 0 Å². The largest absolute Gasteiger partial charge is 0.378 e. The van der Waals surface area contributed by atoms with Crippen molar-refractivity contribution in [2.75, 3.05) is 26.3 Å². The first-order chi connectivity index (χ1) is 8.43. The molecule has 0 unspecified atom stereocenters. The smallest absolute Gasteiger partial charge is 0.175 e. The number of nitrogens with zero attached hydrogens (tertiary/aromatic N) is 2. The standard InChI is InChI=1S/C13H25N3OS/c1-10(2)14-13(18)16(11(3)4)12(5)15-6-8-17-9-7-15/h10-11H,5-9H2,1-4H3,(H,14,18). The Kier molecular flexibility index (Phi) is 5.88. The van der Waals surface area contributed by atoms with E-state index in [0.29, 0.717) is 12.1 Å². The van der Waals surface area contributed by atoms with Crippen molar-refractivity contribution >= 4 is 17.3 Å². The van der Waals surface area contributed by atoms with Crippen LogP contribution in [0, 0.1) is 0 Å². The van der Waals surface area contributed by atoms with Gasteiger partial charge in [0.15, 0.2) is 5.11 Å². The molecule has 1 rings (SSSR count). The summed E-state index contributed by atoms with van der Waals surface area (Å²) >= 11 is 5.47. The lowest BCUT2D eigenvalue weighted by atomic mass is 10.3. The van der Waals surface area contributed by atoms with Gasteiger partial charge >= 0.3 is 0 Å². The van der Waals surface area contributed by atoms with Crippen LogP contribution < -0.4 is 5.32 Å². The number of hydrogen-bond donors (Lipinski definition) is 1. The minimum atomic E-state index is 0.291. The van der Waals surface area contributed by atoms with Crippen molar-refractivity contribution in [2.45, 2.75) is 39.8 Å². The van der Waals surface area contributed by atoms with Crippen LogP contribution in [-0.2, 0) is 4.74 Å². The van der Waals surface area contributed by atoms with Gasteiger partial charge in [-0.1, -0.05) is 6.58 Å². The zero-order valence-corrected chi connectivity index (χ0v) is 12.7. The topological polar surface area (TPSA) is 27.7 Å². The van der Waals surface area contributed by atoms with Crippen LogP contribution in [0.4, 0.5) is 0 Å². The molecular formula is C13H25N3OS. The van der Waals surface area contributed by atoms with Gasteiger partial charge in [0.2, 0.25) is 0 Å². The second-order valence-corrected chi connectivity index (χ2v) is 5.47. The van der Waals surface area contributed by atoms with Crippen molar-refractivity contribution < 1.29 is 4.74 Å². The molecule has 0 spiro atoms. The Bertz CT molecular complexity index is 299. The Morgan fingerprint density at radius 3 is 2.28 bits per heavy atom. The second kappa shape index (κ2) is 6.95. The highest BCUT2D eigenvalue weighted by Gasteiger charge is 2.22. The zero-order chi connectivity index (χ0) is 13.7. The number of morpholine rings is 1. The number of nitrogens with one attached hydrogen (secondary N) is 1. The zero-order valence-electron chi connectivity index (χ0n) is 11.9. The first-order valence-electron chi connectivity index (χ1n) is 6.54. The quantitative estimate of drug-likeness (QED) is 0.787. The molecule has 5 heteroatoms. The molecule has 1 fully saturated rings. The fourth-order valence-corrected chi connectivity index (χ4v) is 2.49. The minimum absolute atomic E-state index is 0.291. The molecule has 0 aromatic rings. The van der Waals surface area contributed by atoms with Gasteiger partial charge in [-0.05, 0) is 39.9 Å². The summed E-state index contributed by atoms with van der Waals surface area (Å²) in [6.45, 7) is 15.9. The monoisotopic (exact) mass is 271 g/mol. The van der Waals surface area contributed by atoms with E-state index in [1.54, 1.807) is 0 Å². The third-order valence-corrected chi connectivity index (χ3v) is 3.12. The highest BCUT2D eigenvalue weighted by atomic mass is 32.1. The van der Waals surface area contributed by atoms with E-state index in [0.717, 1.165) is 37.2 Å². The van der Waals surface area contributed by atoms with E-state index >= 15 is 0 Å². The Balaban J connectivity index is 2.71. The van der Waals surface area contributed by atoms with Crippen LogP contribution in [0.2, 0.25) is 0 Å². The van der Waals surface area contributed by atoms with Gasteiger partial charge in [0.05, 0.1) is 13.2 Å². The maximum absolute atomic E-state index is 5.47. The minimum Gasteiger partial charge on any atom is -0.378 e. The molecule has 0 bridgehead atoms. The molecule has 0 amide bonds. The van der Waals surface area contributed by atoms with Crippen LogP contribution in [0.5, 0.6) is 0 Å². The molecule has 0 saturated carbocycles. The van der Waals surface area contributed by atoms with E-state index in [9.17, 15) is 0 Å². The molecule has 1 N–H and O–H groups in total. The summed E-state index contributed by atoms with van der Waals surface area (Å²) < 4.78 is 5.37. The lowest BCUT2D eigenvalue weighted by Crippen LogP contribution is -2.50. The molecule has 1 aliphatic heterocycles. The third-order valence-electron chi connectivity index (χ3n) is 2.80. The molecule has 1 heterocycles. The first-order valence-corrected chi connectivity index (χ1v) is 6.95. The van der Waals surface area contributed by atoms with E-state index in [2.05, 4.69) is 49.4 Å². The average molecular weight is 271 g/mol. The van der Waals surface area contributed by atoms with E-state index in [-0.39, 0.29) is 0 Å². The van der Waals surface area contributed by atoms with Gasteiger partial charge in [0.25, 0.3) is 0 Å². The Hall–Kier alpha value is -0.810. The third kappa shape index (κ3) is 4.14. The van der Waals surface area contributed by atoms with Crippen LogP contribution in [0.15, 0.2) is 12.4 Å². The van der Waals surface area contributed by atoms with Crippen LogP contribution in [-0.4, -0.2) is 53.3 Å². The lowest BCUT2D eigenvalue weighted by molar-refractivity contribution is 0.0420. The maximum atomic E-state index is 5.47. The van der Waals surface area contributed by atoms with Gasteiger partial charge in [-0.15, -0.1) is 0 Å². The number of ether oxygens (including phenoxy) is 1. The van der Waals surface area contributed by atoms with Crippen molar-refractivity contribution in [1.82, 2.24) is 15.1 Å². The number of hydrogen-bond acceptors (Lipinski definition) is 3. The first kappa shape index (κ1) is 15.2. The molecule has 1 saturated heterocycles. The van der Waals surface area contributed by atoms with Gasteiger partial charge in [0, 0.05) is 25.2 Å². The van der Waals surface area contributed by atoms with Gasteiger partial charge < -0.3 is 19.9 Å². The molecule has 18 heavy (non-hydrogen) atoms. The highest BCUT2D eigenvalue weighted by Crippen LogP contribution is 2.15. The summed E-state index contributed by atoms with van der Waals surface area (Å²) in [5.74, 6) is 0.964.